The first-order valence-corrected chi connectivity index (χ1v) is 10.1. The van der Waals surface area contributed by atoms with Gasteiger partial charge in [0.05, 0.1) is 0 Å². The summed E-state index contributed by atoms with van der Waals surface area (Å²) in [6.07, 6.45) is 12.1. The largest absolute Gasteiger partial charge is 0.282 e. The molecule has 0 aliphatic carbocycles. The number of carbonyl (C=O) groups is 2. The lowest BCUT2D eigenvalue weighted by Gasteiger charge is -2.19. The number of thioether (sulfide) groups is 1. The molecule has 1 atom stereocenters. The number of nitrogens with zero attached hydrogens (tertiary/aromatic N) is 1. The van der Waals surface area contributed by atoms with Crippen LogP contribution in [-0.2, 0) is 9.59 Å². The van der Waals surface area contributed by atoms with Gasteiger partial charge in [-0.05, 0) is 19.3 Å². The van der Waals surface area contributed by atoms with Crippen molar-refractivity contribution in [3.8, 4) is 0 Å². The Hall–Kier alpha value is -0.510. The molecule has 0 aromatic carbocycles. The Kier molecular flexibility index (Phi) is 10.6. The highest BCUT2D eigenvalue weighted by molar-refractivity contribution is 7.99. The first-order valence-electron chi connectivity index (χ1n) is 9.10. The second-order valence-corrected chi connectivity index (χ2v) is 7.93. The zero-order valence-corrected chi connectivity index (χ0v) is 15.3. The summed E-state index contributed by atoms with van der Waals surface area (Å²) in [5.74, 6) is 0.951. The fraction of sp³-hybridized carbons (Fsp3) is 0.889. The molecule has 22 heavy (non-hydrogen) atoms. The summed E-state index contributed by atoms with van der Waals surface area (Å²) in [4.78, 5) is 25.3. The first kappa shape index (κ1) is 19.5. The zero-order valence-electron chi connectivity index (χ0n) is 14.4. The quantitative estimate of drug-likeness (QED) is 0.404. The summed E-state index contributed by atoms with van der Waals surface area (Å²) in [6.45, 7) is 5.12. The summed E-state index contributed by atoms with van der Waals surface area (Å²) in [5.41, 5.74) is 0. The smallest absolute Gasteiger partial charge is 0.229 e. The molecule has 1 fully saturated rings. The number of carbonyl (C=O) groups excluding carboxylic acids is 2. The lowest BCUT2D eigenvalue weighted by Crippen LogP contribution is -2.37. The molecule has 2 amide bonds. The number of hydrogen-bond acceptors (Lipinski definition) is 3. The molecule has 1 rings (SSSR count). The van der Waals surface area contributed by atoms with Gasteiger partial charge in [0.1, 0.15) is 0 Å². The molecule has 0 N–H and O–H groups in total. The molecule has 128 valence electrons. The van der Waals surface area contributed by atoms with Gasteiger partial charge < -0.3 is 0 Å². The van der Waals surface area contributed by atoms with E-state index in [1.54, 1.807) is 0 Å². The molecule has 1 aliphatic rings. The third-order valence-electron chi connectivity index (χ3n) is 4.31. The van der Waals surface area contributed by atoms with E-state index in [4.69, 9.17) is 0 Å². The van der Waals surface area contributed by atoms with Crippen LogP contribution in [-0.4, -0.2) is 34.3 Å². The minimum absolute atomic E-state index is 0.0340. The predicted octanol–water partition coefficient (Wildman–Crippen LogP) is 4.79. The van der Waals surface area contributed by atoms with E-state index in [-0.39, 0.29) is 11.8 Å². The molecule has 0 spiro atoms. The highest BCUT2D eigenvalue weighted by Gasteiger charge is 2.23. The summed E-state index contributed by atoms with van der Waals surface area (Å²) in [7, 11) is 0. The molecule has 0 aromatic heterocycles. The van der Waals surface area contributed by atoms with Crippen LogP contribution in [0.15, 0.2) is 0 Å². The highest BCUT2D eigenvalue weighted by Crippen LogP contribution is 2.19. The van der Waals surface area contributed by atoms with Crippen molar-refractivity contribution in [1.82, 2.24) is 4.90 Å². The van der Waals surface area contributed by atoms with E-state index in [1.165, 1.54) is 49.8 Å². The molecule has 0 saturated carbocycles. The maximum absolute atomic E-state index is 11.9. The molecular weight excluding hydrogens is 294 g/mol. The van der Waals surface area contributed by atoms with Crippen LogP contribution in [0.2, 0.25) is 0 Å². The fourth-order valence-electron chi connectivity index (χ4n) is 2.85. The zero-order chi connectivity index (χ0) is 16.2. The number of amides is 2. The minimum Gasteiger partial charge on any atom is -0.282 e. The third kappa shape index (κ3) is 8.21. The van der Waals surface area contributed by atoms with Gasteiger partial charge in [-0.15, -0.1) is 0 Å². The molecule has 1 heterocycles. The van der Waals surface area contributed by atoms with Gasteiger partial charge in [0.2, 0.25) is 11.8 Å². The lowest BCUT2D eigenvalue weighted by molar-refractivity contribution is -0.143. The van der Waals surface area contributed by atoms with Crippen molar-refractivity contribution in [1.29, 1.82) is 0 Å². The number of imide groups is 1. The Morgan fingerprint density at radius 3 is 2.23 bits per heavy atom. The molecule has 1 unspecified atom stereocenters. The summed E-state index contributed by atoms with van der Waals surface area (Å²) < 4.78 is 0. The summed E-state index contributed by atoms with van der Waals surface area (Å²) in [5, 5.41) is 0.628. The molecule has 1 saturated heterocycles. The van der Waals surface area contributed by atoms with Crippen LogP contribution in [0, 0.1) is 0 Å². The van der Waals surface area contributed by atoms with Crippen molar-refractivity contribution in [2.45, 2.75) is 89.7 Å². The van der Waals surface area contributed by atoms with Crippen LogP contribution in [0.1, 0.15) is 84.5 Å². The average Bonchev–Trinajstić information content (AvgIpc) is 2.65. The molecule has 1 aliphatic heterocycles. The molecule has 0 radical (unpaired) electrons. The van der Waals surface area contributed by atoms with E-state index in [0.29, 0.717) is 24.6 Å². The molecule has 0 aromatic rings. The Labute approximate surface area is 140 Å². The van der Waals surface area contributed by atoms with E-state index < -0.39 is 0 Å². The van der Waals surface area contributed by atoms with Gasteiger partial charge in [-0.25, -0.2) is 0 Å². The predicted molar refractivity (Wildman–Crippen MR) is 95.1 cm³/mol. The molecular formula is C18H33NO2S. The Bertz CT molecular complexity index is 315. The van der Waals surface area contributed by atoms with E-state index in [0.717, 1.165) is 18.6 Å². The van der Waals surface area contributed by atoms with Gasteiger partial charge in [0, 0.05) is 30.4 Å². The van der Waals surface area contributed by atoms with Crippen LogP contribution in [0.3, 0.4) is 0 Å². The highest BCUT2D eigenvalue weighted by atomic mass is 32.2. The Morgan fingerprint density at radius 1 is 1.00 bits per heavy atom. The van der Waals surface area contributed by atoms with E-state index in [2.05, 4.69) is 13.8 Å². The van der Waals surface area contributed by atoms with E-state index in [9.17, 15) is 9.59 Å². The topological polar surface area (TPSA) is 37.4 Å². The van der Waals surface area contributed by atoms with Gasteiger partial charge in [-0.3, -0.25) is 14.5 Å². The van der Waals surface area contributed by atoms with E-state index in [1.807, 2.05) is 11.8 Å². The monoisotopic (exact) mass is 327 g/mol. The first-order chi connectivity index (χ1) is 10.6. The van der Waals surface area contributed by atoms with Gasteiger partial charge in [-0.2, -0.15) is 11.8 Å². The second-order valence-electron chi connectivity index (χ2n) is 6.38. The second kappa shape index (κ2) is 12.0. The van der Waals surface area contributed by atoms with Crippen molar-refractivity contribution < 1.29 is 9.59 Å². The number of likely N-dealkylation sites (tertiary alicyclic amines) is 1. The van der Waals surface area contributed by atoms with Gasteiger partial charge in [-0.1, -0.05) is 52.4 Å². The van der Waals surface area contributed by atoms with Crippen LogP contribution < -0.4 is 0 Å². The van der Waals surface area contributed by atoms with Crippen molar-refractivity contribution in [2.75, 3.05) is 12.3 Å². The van der Waals surface area contributed by atoms with Crippen LogP contribution in [0.25, 0.3) is 0 Å². The summed E-state index contributed by atoms with van der Waals surface area (Å²) in [6, 6.07) is 0. The number of rotatable bonds is 11. The van der Waals surface area contributed by atoms with Gasteiger partial charge in [0.25, 0.3) is 0 Å². The van der Waals surface area contributed by atoms with E-state index >= 15 is 0 Å². The SMILES string of the molecule is CCCCCCCCC(C)SCCN1C(=O)CCCCC1=O. The lowest BCUT2D eigenvalue weighted by atomic mass is 10.1. The maximum atomic E-state index is 11.9. The van der Waals surface area contributed by atoms with Crippen molar-refractivity contribution in [2.24, 2.45) is 0 Å². The third-order valence-corrected chi connectivity index (χ3v) is 5.54. The van der Waals surface area contributed by atoms with Crippen molar-refractivity contribution in [3.05, 3.63) is 0 Å². The minimum atomic E-state index is 0.0340. The number of unbranched alkanes of at least 4 members (excludes halogenated alkanes) is 5. The molecule has 3 nitrogen and oxygen atoms in total. The van der Waals surface area contributed by atoms with Crippen LogP contribution >= 0.6 is 11.8 Å². The fourth-order valence-corrected chi connectivity index (χ4v) is 3.88. The normalized spacial score (nSPS) is 17.6. The maximum Gasteiger partial charge on any atom is 0.229 e. The van der Waals surface area contributed by atoms with Gasteiger partial charge in [0.15, 0.2) is 0 Å². The van der Waals surface area contributed by atoms with Crippen LogP contribution in [0.4, 0.5) is 0 Å². The van der Waals surface area contributed by atoms with Gasteiger partial charge >= 0.3 is 0 Å². The molecule has 4 heteroatoms. The Balaban J connectivity index is 2.09. The van der Waals surface area contributed by atoms with Crippen molar-refractivity contribution >= 4 is 23.6 Å². The average molecular weight is 328 g/mol. The Morgan fingerprint density at radius 2 is 1.59 bits per heavy atom. The number of hydrogen-bond donors (Lipinski definition) is 0. The standard InChI is InChI=1S/C18H33NO2S/c1-3-4-5-6-7-8-11-16(2)22-15-14-19-17(20)12-9-10-13-18(19)21/h16H,3-15H2,1-2H3. The van der Waals surface area contributed by atoms with Crippen LogP contribution in [0.5, 0.6) is 0 Å². The van der Waals surface area contributed by atoms with Crippen molar-refractivity contribution in [3.63, 3.8) is 0 Å². The molecule has 0 bridgehead atoms. The summed E-state index contributed by atoms with van der Waals surface area (Å²) >= 11 is 1.90.